The van der Waals surface area contributed by atoms with Crippen LogP contribution < -0.4 is 11.2 Å². The zero-order chi connectivity index (χ0) is 16.9. The van der Waals surface area contributed by atoms with Gasteiger partial charge in [0.2, 0.25) is 5.82 Å². The average molecular weight is 330 g/mol. The lowest BCUT2D eigenvalue weighted by atomic mass is 10.0. The van der Waals surface area contributed by atoms with Crippen LogP contribution in [0.5, 0.6) is 0 Å². The Balaban J connectivity index is 1.52. The number of hydrogen-bond donors (Lipinski definition) is 1. The first-order valence-corrected chi connectivity index (χ1v) is 7.95. The Kier molecular flexibility index (Phi) is 5.00. The molecule has 1 N–H and O–H groups in total. The maximum absolute atomic E-state index is 13.2. The van der Waals surface area contributed by atoms with Crippen molar-refractivity contribution in [1.29, 1.82) is 0 Å². The Morgan fingerprint density at radius 2 is 2.12 bits per heavy atom. The van der Waals surface area contributed by atoms with Crippen molar-refractivity contribution in [2.24, 2.45) is 0 Å². The van der Waals surface area contributed by atoms with Gasteiger partial charge in [-0.05, 0) is 30.5 Å². The highest BCUT2D eigenvalue weighted by molar-refractivity contribution is 5.63. The third-order valence-electron chi connectivity index (χ3n) is 4.13. The van der Waals surface area contributed by atoms with Gasteiger partial charge in [0.15, 0.2) is 0 Å². The molecule has 0 saturated carbocycles. The number of rotatable bonds is 5. The van der Waals surface area contributed by atoms with Crippen LogP contribution in [0.2, 0.25) is 0 Å². The molecule has 2 aromatic rings. The van der Waals surface area contributed by atoms with Gasteiger partial charge in [0.05, 0.1) is 11.9 Å². The van der Waals surface area contributed by atoms with Gasteiger partial charge >= 0.3 is 5.69 Å². The predicted molar refractivity (Wildman–Crippen MR) is 89.2 cm³/mol. The van der Waals surface area contributed by atoms with Crippen molar-refractivity contribution in [2.75, 3.05) is 19.6 Å². The number of hydrogen-bond acceptors (Lipinski definition) is 4. The minimum atomic E-state index is -0.973. The summed E-state index contributed by atoms with van der Waals surface area (Å²) < 4.78 is 14.4. The quantitative estimate of drug-likeness (QED) is 0.896. The Morgan fingerprint density at radius 1 is 1.25 bits per heavy atom. The molecule has 0 spiro atoms. The largest absolute Gasteiger partial charge is 0.328 e. The number of aromatic nitrogens is 3. The second-order valence-corrected chi connectivity index (χ2v) is 5.78. The first-order chi connectivity index (χ1) is 11.6. The molecule has 24 heavy (non-hydrogen) atoms. The number of H-pyrrole nitrogens is 1. The molecule has 1 aliphatic rings. The van der Waals surface area contributed by atoms with Gasteiger partial charge in [-0.2, -0.15) is 4.39 Å². The summed E-state index contributed by atoms with van der Waals surface area (Å²) >= 11 is 0. The van der Waals surface area contributed by atoms with E-state index in [4.69, 9.17) is 0 Å². The van der Waals surface area contributed by atoms with Crippen molar-refractivity contribution in [3.05, 3.63) is 69.0 Å². The molecule has 0 radical (unpaired) electrons. The zero-order valence-corrected chi connectivity index (χ0v) is 13.2. The molecule has 0 atom stereocenters. The van der Waals surface area contributed by atoms with Crippen LogP contribution >= 0.6 is 0 Å². The van der Waals surface area contributed by atoms with Crippen molar-refractivity contribution in [2.45, 2.75) is 19.4 Å². The van der Waals surface area contributed by atoms with Crippen LogP contribution in [-0.2, 0) is 6.54 Å². The van der Waals surface area contributed by atoms with Crippen molar-refractivity contribution >= 4 is 5.57 Å². The summed E-state index contributed by atoms with van der Waals surface area (Å²) in [6.45, 7) is 2.94. The van der Waals surface area contributed by atoms with Crippen LogP contribution in [0.3, 0.4) is 0 Å². The van der Waals surface area contributed by atoms with E-state index in [0.29, 0.717) is 13.0 Å². The molecular formula is C17H19FN4O2. The van der Waals surface area contributed by atoms with Crippen molar-refractivity contribution in [1.82, 2.24) is 19.4 Å². The van der Waals surface area contributed by atoms with Crippen LogP contribution in [0.4, 0.5) is 4.39 Å². The van der Waals surface area contributed by atoms with Crippen molar-refractivity contribution < 1.29 is 4.39 Å². The van der Waals surface area contributed by atoms with Gasteiger partial charge < -0.3 is 0 Å². The molecule has 3 rings (SSSR count). The number of halogens is 1. The summed E-state index contributed by atoms with van der Waals surface area (Å²) in [5, 5.41) is 0. The summed E-state index contributed by atoms with van der Waals surface area (Å²) in [6, 6.07) is 5.90. The van der Waals surface area contributed by atoms with E-state index in [-0.39, 0.29) is 0 Å². The molecular weight excluding hydrogens is 311 g/mol. The number of aryl methyl sites for hydroxylation is 1. The van der Waals surface area contributed by atoms with Gasteiger partial charge in [-0.3, -0.25) is 24.2 Å². The molecule has 0 bridgehead atoms. The smallest absolute Gasteiger partial charge is 0.299 e. The number of nitrogens with zero attached hydrogens (tertiary/aromatic N) is 3. The van der Waals surface area contributed by atoms with Crippen LogP contribution in [0, 0.1) is 5.82 Å². The van der Waals surface area contributed by atoms with E-state index in [1.54, 1.807) is 6.20 Å². The van der Waals surface area contributed by atoms with Crippen molar-refractivity contribution in [3.63, 3.8) is 0 Å². The monoisotopic (exact) mass is 330 g/mol. The summed E-state index contributed by atoms with van der Waals surface area (Å²) in [4.78, 5) is 31.2. The topological polar surface area (TPSA) is 71.0 Å². The Hall–Kier alpha value is -2.54. The molecule has 0 fully saturated rings. The summed E-state index contributed by atoms with van der Waals surface area (Å²) in [5.41, 5.74) is 0.732. The number of nitrogens with one attached hydrogen (secondary N) is 1. The lowest BCUT2D eigenvalue weighted by Crippen LogP contribution is -2.33. The second kappa shape index (κ2) is 7.35. The number of pyridine rings is 1. The third kappa shape index (κ3) is 3.86. The maximum Gasteiger partial charge on any atom is 0.328 e. The fourth-order valence-corrected chi connectivity index (χ4v) is 2.81. The Bertz CT molecular complexity index is 842. The highest BCUT2D eigenvalue weighted by Crippen LogP contribution is 2.20. The molecule has 126 valence electrons. The van der Waals surface area contributed by atoms with E-state index in [0.717, 1.165) is 37.9 Å². The first-order valence-electron chi connectivity index (χ1n) is 7.95. The molecule has 0 unspecified atom stereocenters. The van der Waals surface area contributed by atoms with Gasteiger partial charge in [0.25, 0.3) is 5.56 Å². The molecule has 0 aliphatic carbocycles. The predicted octanol–water partition coefficient (Wildman–Crippen LogP) is 1.25. The van der Waals surface area contributed by atoms with Gasteiger partial charge in [0.1, 0.15) is 0 Å². The van der Waals surface area contributed by atoms with Crippen LogP contribution in [0.15, 0.2) is 46.3 Å². The van der Waals surface area contributed by atoms with Crippen LogP contribution in [0.25, 0.3) is 5.57 Å². The molecule has 3 heterocycles. The lowest BCUT2D eigenvalue weighted by molar-refractivity contribution is 0.290. The number of aromatic amines is 1. The van der Waals surface area contributed by atoms with Crippen LogP contribution in [0.1, 0.15) is 18.5 Å². The van der Waals surface area contributed by atoms with Gasteiger partial charge in [-0.15, -0.1) is 0 Å². The Labute approximate surface area is 138 Å². The van der Waals surface area contributed by atoms with E-state index in [2.05, 4.69) is 16.0 Å². The SMILES string of the molecule is O=c1[nH]c(=O)n(CCCN2CC=C(c3ccccn3)CC2)cc1F. The Morgan fingerprint density at radius 3 is 2.83 bits per heavy atom. The highest BCUT2D eigenvalue weighted by atomic mass is 19.1. The first kappa shape index (κ1) is 16.3. The van der Waals surface area contributed by atoms with Gasteiger partial charge in [-0.25, -0.2) is 4.79 Å². The third-order valence-corrected chi connectivity index (χ3v) is 4.13. The van der Waals surface area contributed by atoms with E-state index in [9.17, 15) is 14.0 Å². The van der Waals surface area contributed by atoms with Gasteiger partial charge in [0, 0.05) is 32.4 Å². The highest BCUT2D eigenvalue weighted by Gasteiger charge is 2.13. The average Bonchev–Trinajstić information content (AvgIpc) is 2.61. The lowest BCUT2D eigenvalue weighted by Gasteiger charge is -2.26. The molecule has 0 saturated heterocycles. The standard InChI is InChI=1S/C17H19FN4O2/c18-14-12-22(17(24)20-16(14)23)9-3-8-21-10-5-13(6-11-21)15-4-1-2-7-19-15/h1-2,4-5,7,12H,3,6,8-11H2,(H,20,23,24). The molecule has 0 aromatic carbocycles. The van der Waals surface area contributed by atoms with E-state index >= 15 is 0 Å². The van der Waals surface area contributed by atoms with Crippen LogP contribution in [-0.4, -0.2) is 39.1 Å². The zero-order valence-electron chi connectivity index (χ0n) is 13.2. The fourth-order valence-electron chi connectivity index (χ4n) is 2.81. The van der Waals surface area contributed by atoms with Crippen molar-refractivity contribution in [3.8, 4) is 0 Å². The molecule has 7 heteroatoms. The normalized spacial score (nSPS) is 15.3. The van der Waals surface area contributed by atoms with E-state index in [1.165, 1.54) is 10.1 Å². The van der Waals surface area contributed by atoms with E-state index in [1.807, 2.05) is 23.2 Å². The summed E-state index contributed by atoms with van der Waals surface area (Å²) in [7, 11) is 0. The minimum absolute atomic E-state index is 0.375. The second-order valence-electron chi connectivity index (χ2n) is 5.78. The summed E-state index contributed by atoms with van der Waals surface area (Å²) in [5.74, 6) is -0.935. The molecule has 2 aromatic heterocycles. The molecule has 6 nitrogen and oxygen atoms in total. The minimum Gasteiger partial charge on any atom is -0.299 e. The fraction of sp³-hybridized carbons (Fsp3) is 0.353. The van der Waals surface area contributed by atoms with Gasteiger partial charge in [-0.1, -0.05) is 12.1 Å². The molecule has 0 amide bonds. The summed E-state index contributed by atoms with van der Waals surface area (Å²) in [6.07, 6.45) is 6.58. The molecule has 1 aliphatic heterocycles. The maximum atomic E-state index is 13.2. The van der Waals surface area contributed by atoms with E-state index < -0.39 is 17.1 Å².